The molecule has 0 aliphatic carbocycles. The highest BCUT2D eigenvalue weighted by molar-refractivity contribution is 5.72. The zero-order chi connectivity index (χ0) is 8.10. The standard InChI is InChI=1S/C9H14O2/c1-2-8(6-10)5-9-3-4-11-7-9/h5-6,9H,2-4,7H2,1H3. The van der Waals surface area contributed by atoms with Crippen molar-refractivity contribution in [2.45, 2.75) is 19.8 Å². The van der Waals surface area contributed by atoms with Crippen molar-refractivity contribution in [2.75, 3.05) is 13.2 Å². The lowest BCUT2D eigenvalue weighted by atomic mass is 10.0. The van der Waals surface area contributed by atoms with Crippen LogP contribution in [0.1, 0.15) is 19.8 Å². The third kappa shape index (κ3) is 2.46. The van der Waals surface area contributed by atoms with E-state index in [0.29, 0.717) is 5.92 Å². The molecule has 1 rings (SSSR count). The van der Waals surface area contributed by atoms with E-state index >= 15 is 0 Å². The second-order valence-electron chi connectivity index (χ2n) is 2.84. The summed E-state index contributed by atoms with van der Waals surface area (Å²) >= 11 is 0. The molecule has 0 aromatic rings. The predicted molar refractivity (Wildman–Crippen MR) is 43.4 cm³/mol. The summed E-state index contributed by atoms with van der Waals surface area (Å²) in [6, 6.07) is 0. The molecule has 1 atom stereocenters. The highest BCUT2D eigenvalue weighted by Gasteiger charge is 2.12. The van der Waals surface area contributed by atoms with Gasteiger partial charge in [0.2, 0.25) is 0 Å². The largest absolute Gasteiger partial charge is 0.381 e. The summed E-state index contributed by atoms with van der Waals surface area (Å²) in [6.07, 6.45) is 4.88. The molecule has 2 nitrogen and oxygen atoms in total. The van der Waals surface area contributed by atoms with Crippen LogP contribution in [-0.4, -0.2) is 19.5 Å². The van der Waals surface area contributed by atoms with Gasteiger partial charge in [-0.05, 0) is 18.4 Å². The molecule has 1 unspecified atom stereocenters. The fourth-order valence-electron chi connectivity index (χ4n) is 1.23. The second-order valence-corrected chi connectivity index (χ2v) is 2.84. The Kier molecular flexibility index (Phi) is 3.30. The van der Waals surface area contributed by atoms with Crippen LogP contribution in [0, 0.1) is 5.92 Å². The van der Waals surface area contributed by atoms with Crippen LogP contribution in [0.15, 0.2) is 11.6 Å². The molecule has 1 fully saturated rings. The smallest absolute Gasteiger partial charge is 0.145 e. The zero-order valence-electron chi connectivity index (χ0n) is 6.88. The summed E-state index contributed by atoms with van der Waals surface area (Å²) in [6.45, 7) is 3.63. The average molecular weight is 154 g/mol. The minimum absolute atomic E-state index is 0.482. The van der Waals surface area contributed by atoms with Crippen LogP contribution in [0.4, 0.5) is 0 Å². The lowest BCUT2D eigenvalue weighted by Gasteiger charge is -2.00. The number of aldehydes is 1. The molecule has 0 bridgehead atoms. The quantitative estimate of drug-likeness (QED) is 0.455. The monoisotopic (exact) mass is 154 g/mol. The van der Waals surface area contributed by atoms with Crippen molar-refractivity contribution in [1.29, 1.82) is 0 Å². The van der Waals surface area contributed by atoms with Crippen LogP contribution in [0.25, 0.3) is 0 Å². The van der Waals surface area contributed by atoms with E-state index in [1.54, 1.807) is 0 Å². The third-order valence-electron chi connectivity index (χ3n) is 1.97. The first-order valence-corrected chi connectivity index (χ1v) is 4.10. The van der Waals surface area contributed by atoms with E-state index in [0.717, 1.165) is 37.9 Å². The van der Waals surface area contributed by atoms with Crippen LogP contribution in [0.3, 0.4) is 0 Å². The highest BCUT2D eigenvalue weighted by Crippen LogP contribution is 2.15. The van der Waals surface area contributed by atoms with Crippen molar-refractivity contribution in [2.24, 2.45) is 5.92 Å². The molecule has 1 aliphatic rings. The van der Waals surface area contributed by atoms with Gasteiger partial charge in [-0.25, -0.2) is 0 Å². The first-order valence-electron chi connectivity index (χ1n) is 4.10. The summed E-state index contributed by atoms with van der Waals surface area (Å²) < 4.78 is 5.19. The van der Waals surface area contributed by atoms with Crippen LogP contribution in [0.2, 0.25) is 0 Å². The van der Waals surface area contributed by atoms with Crippen molar-refractivity contribution >= 4 is 6.29 Å². The number of hydrogen-bond donors (Lipinski definition) is 0. The van der Waals surface area contributed by atoms with Gasteiger partial charge in [-0.2, -0.15) is 0 Å². The fraction of sp³-hybridized carbons (Fsp3) is 0.667. The Hall–Kier alpha value is -0.630. The maximum Gasteiger partial charge on any atom is 0.145 e. The normalized spacial score (nSPS) is 25.5. The van der Waals surface area contributed by atoms with Crippen molar-refractivity contribution in [3.05, 3.63) is 11.6 Å². The van der Waals surface area contributed by atoms with Gasteiger partial charge in [-0.15, -0.1) is 0 Å². The topological polar surface area (TPSA) is 26.3 Å². The molecule has 0 N–H and O–H groups in total. The maximum atomic E-state index is 10.4. The van der Waals surface area contributed by atoms with Crippen LogP contribution in [-0.2, 0) is 9.53 Å². The SMILES string of the molecule is CCC(C=O)=CC1CCOC1. The predicted octanol–water partition coefficient (Wildman–Crippen LogP) is 1.56. The Bertz CT molecular complexity index is 155. The maximum absolute atomic E-state index is 10.4. The Morgan fingerprint density at radius 1 is 1.73 bits per heavy atom. The van der Waals surface area contributed by atoms with E-state index < -0.39 is 0 Å². The summed E-state index contributed by atoms with van der Waals surface area (Å²) in [5.74, 6) is 0.482. The molecule has 0 aromatic carbocycles. The lowest BCUT2D eigenvalue weighted by Crippen LogP contribution is -1.96. The molecular formula is C9H14O2. The van der Waals surface area contributed by atoms with Gasteiger partial charge in [0, 0.05) is 12.5 Å². The molecule has 0 spiro atoms. The molecule has 11 heavy (non-hydrogen) atoms. The minimum Gasteiger partial charge on any atom is -0.381 e. The lowest BCUT2D eigenvalue weighted by molar-refractivity contribution is -0.105. The van der Waals surface area contributed by atoms with Gasteiger partial charge in [0.15, 0.2) is 0 Å². The number of rotatable bonds is 3. The van der Waals surface area contributed by atoms with Crippen molar-refractivity contribution in [3.8, 4) is 0 Å². The van der Waals surface area contributed by atoms with Crippen molar-refractivity contribution < 1.29 is 9.53 Å². The number of carbonyl (C=O) groups excluding carboxylic acids is 1. The van der Waals surface area contributed by atoms with Crippen molar-refractivity contribution in [1.82, 2.24) is 0 Å². The van der Waals surface area contributed by atoms with Gasteiger partial charge in [0.05, 0.1) is 6.61 Å². The summed E-state index contributed by atoms with van der Waals surface area (Å²) in [5.41, 5.74) is 0.903. The van der Waals surface area contributed by atoms with Crippen LogP contribution < -0.4 is 0 Å². The molecule has 0 amide bonds. The first kappa shape index (κ1) is 8.47. The highest BCUT2D eigenvalue weighted by atomic mass is 16.5. The summed E-state index contributed by atoms with van der Waals surface area (Å²) in [4.78, 5) is 10.4. The second kappa shape index (κ2) is 4.29. The Labute approximate surface area is 67.2 Å². The van der Waals surface area contributed by atoms with E-state index in [-0.39, 0.29) is 0 Å². The molecule has 0 radical (unpaired) electrons. The Morgan fingerprint density at radius 3 is 3.00 bits per heavy atom. The van der Waals surface area contributed by atoms with E-state index in [9.17, 15) is 4.79 Å². The summed E-state index contributed by atoms with van der Waals surface area (Å²) in [7, 11) is 0. The Balaban J connectivity index is 2.46. The molecule has 1 saturated heterocycles. The average Bonchev–Trinajstić information content (AvgIpc) is 2.52. The molecular weight excluding hydrogens is 140 g/mol. The molecule has 62 valence electrons. The third-order valence-corrected chi connectivity index (χ3v) is 1.97. The Morgan fingerprint density at radius 2 is 2.55 bits per heavy atom. The summed E-state index contributed by atoms with van der Waals surface area (Å²) in [5, 5.41) is 0. The molecule has 1 aliphatic heterocycles. The van der Waals surface area contributed by atoms with E-state index in [4.69, 9.17) is 4.74 Å². The molecule has 2 heteroatoms. The molecule has 0 saturated carbocycles. The van der Waals surface area contributed by atoms with Gasteiger partial charge in [-0.3, -0.25) is 4.79 Å². The number of ether oxygens (including phenoxy) is 1. The van der Waals surface area contributed by atoms with Gasteiger partial charge < -0.3 is 4.74 Å². The minimum atomic E-state index is 0.482. The van der Waals surface area contributed by atoms with Gasteiger partial charge in [-0.1, -0.05) is 13.0 Å². The number of carbonyl (C=O) groups is 1. The van der Waals surface area contributed by atoms with Gasteiger partial charge in [0.25, 0.3) is 0 Å². The molecule has 0 aromatic heterocycles. The van der Waals surface area contributed by atoms with E-state index in [1.807, 2.05) is 13.0 Å². The fourth-order valence-corrected chi connectivity index (χ4v) is 1.23. The van der Waals surface area contributed by atoms with Crippen LogP contribution >= 0.6 is 0 Å². The van der Waals surface area contributed by atoms with Crippen molar-refractivity contribution in [3.63, 3.8) is 0 Å². The first-order chi connectivity index (χ1) is 5.36. The van der Waals surface area contributed by atoms with E-state index in [1.165, 1.54) is 0 Å². The van der Waals surface area contributed by atoms with Gasteiger partial charge in [0.1, 0.15) is 6.29 Å². The van der Waals surface area contributed by atoms with Gasteiger partial charge >= 0.3 is 0 Å². The van der Waals surface area contributed by atoms with Crippen LogP contribution in [0.5, 0.6) is 0 Å². The van der Waals surface area contributed by atoms with E-state index in [2.05, 4.69) is 0 Å². The number of allylic oxidation sites excluding steroid dienone is 1. The molecule has 1 heterocycles. The zero-order valence-corrected chi connectivity index (χ0v) is 6.88. The number of hydrogen-bond acceptors (Lipinski definition) is 2.